The van der Waals surface area contributed by atoms with E-state index in [0.717, 1.165) is 10.7 Å². The maximum absolute atomic E-state index is 12.4. The molecule has 0 aliphatic carbocycles. The summed E-state index contributed by atoms with van der Waals surface area (Å²) in [4.78, 5) is 11.7. The van der Waals surface area contributed by atoms with Gasteiger partial charge in [-0.3, -0.25) is 4.79 Å². The summed E-state index contributed by atoms with van der Waals surface area (Å²) in [5.74, 6) is -0.367. The Morgan fingerprint density at radius 2 is 2.00 bits per heavy atom. The first-order valence-corrected chi connectivity index (χ1v) is 8.58. The van der Waals surface area contributed by atoms with Crippen molar-refractivity contribution in [3.8, 4) is 0 Å². The second-order valence-corrected chi connectivity index (χ2v) is 7.57. The lowest BCUT2D eigenvalue weighted by Crippen LogP contribution is -2.41. The number of halogens is 2. The molecule has 1 aromatic carbocycles. The molecule has 0 aliphatic heterocycles. The van der Waals surface area contributed by atoms with Crippen molar-refractivity contribution in [3.05, 3.63) is 28.2 Å². The maximum atomic E-state index is 12.4. The highest BCUT2D eigenvalue weighted by atomic mass is 35.5. The SMILES string of the molecule is CC[C@H](C)NC(=O)CN(C)S(=O)(=O)c1cc(Cl)ccc1Cl. The topological polar surface area (TPSA) is 66.5 Å². The first-order chi connectivity index (χ1) is 9.68. The van der Waals surface area contributed by atoms with Crippen LogP contribution in [0.5, 0.6) is 0 Å². The number of amides is 1. The Bertz CT molecular complexity index is 620. The fraction of sp³-hybridized carbons (Fsp3) is 0.462. The van der Waals surface area contributed by atoms with Crippen molar-refractivity contribution in [2.24, 2.45) is 0 Å². The molecule has 0 aliphatic rings. The number of sulfonamides is 1. The first-order valence-electron chi connectivity index (χ1n) is 6.39. The van der Waals surface area contributed by atoms with Crippen molar-refractivity contribution >= 4 is 39.1 Å². The lowest BCUT2D eigenvalue weighted by Gasteiger charge is -2.19. The van der Waals surface area contributed by atoms with E-state index < -0.39 is 10.0 Å². The second-order valence-electron chi connectivity index (χ2n) is 4.71. The monoisotopic (exact) mass is 352 g/mol. The standard InChI is InChI=1S/C13H18Cl2N2O3S/c1-4-9(2)16-13(18)8-17(3)21(19,20)12-7-10(14)5-6-11(12)15/h5-7,9H,4,8H2,1-3H3,(H,16,18)/t9-/m0/s1. The van der Waals surface area contributed by atoms with Gasteiger partial charge in [0.05, 0.1) is 11.6 Å². The summed E-state index contributed by atoms with van der Waals surface area (Å²) in [5.41, 5.74) is 0. The molecule has 0 aromatic heterocycles. The molecule has 8 heteroatoms. The van der Waals surface area contributed by atoms with E-state index in [1.54, 1.807) is 0 Å². The molecule has 0 fully saturated rings. The summed E-state index contributed by atoms with van der Waals surface area (Å²) in [6.07, 6.45) is 0.766. The lowest BCUT2D eigenvalue weighted by molar-refractivity contribution is -0.121. The highest BCUT2D eigenvalue weighted by molar-refractivity contribution is 7.89. The van der Waals surface area contributed by atoms with Crippen LogP contribution < -0.4 is 5.32 Å². The van der Waals surface area contributed by atoms with E-state index in [-0.39, 0.29) is 33.4 Å². The summed E-state index contributed by atoms with van der Waals surface area (Å²) in [6, 6.07) is 4.16. The van der Waals surface area contributed by atoms with E-state index in [0.29, 0.717) is 0 Å². The van der Waals surface area contributed by atoms with Crippen LogP contribution in [0.15, 0.2) is 23.1 Å². The highest BCUT2D eigenvalue weighted by Crippen LogP contribution is 2.26. The molecule has 0 heterocycles. The summed E-state index contributed by atoms with van der Waals surface area (Å²) in [6.45, 7) is 3.49. The quantitative estimate of drug-likeness (QED) is 0.855. The van der Waals surface area contributed by atoms with Crippen LogP contribution >= 0.6 is 23.2 Å². The van der Waals surface area contributed by atoms with E-state index >= 15 is 0 Å². The summed E-state index contributed by atoms with van der Waals surface area (Å²) in [5, 5.41) is 3.03. The minimum atomic E-state index is -3.87. The van der Waals surface area contributed by atoms with Gasteiger partial charge in [0.1, 0.15) is 4.90 Å². The molecule has 0 bridgehead atoms. The van der Waals surface area contributed by atoms with Crippen LogP contribution in [0.25, 0.3) is 0 Å². The summed E-state index contributed by atoms with van der Waals surface area (Å²) in [7, 11) is -2.55. The molecule has 1 amide bonds. The largest absolute Gasteiger partial charge is 0.353 e. The number of nitrogens with one attached hydrogen (secondary N) is 1. The molecule has 1 N–H and O–H groups in total. The highest BCUT2D eigenvalue weighted by Gasteiger charge is 2.25. The Morgan fingerprint density at radius 3 is 2.57 bits per heavy atom. The zero-order valence-electron chi connectivity index (χ0n) is 12.1. The van der Waals surface area contributed by atoms with Gasteiger partial charge < -0.3 is 5.32 Å². The molecule has 1 aromatic rings. The van der Waals surface area contributed by atoms with Gasteiger partial charge in [-0.1, -0.05) is 30.1 Å². The van der Waals surface area contributed by atoms with Crippen LogP contribution in [0.3, 0.4) is 0 Å². The van der Waals surface area contributed by atoms with Crippen LogP contribution in [0.1, 0.15) is 20.3 Å². The molecule has 1 atom stereocenters. The first kappa shape index (κ1) is 18.2. The van der Waals surface area contributed by atoms with Gasteiger partial charge in [0.15, 0.2) is 0 Å². The number of hydrogen-bond acceptors (Lipinski definition) is 3. The van der Waals surface area contributed by atoms with Crippen molar-refractivity contribution in [2.45, 2.75) is 31.2 Å². The minimum absolute atomic E-state index is 0.0108. The Hall–Kier alpha value is -0.820. The number of nitrogens with zero attached hydrogens (tertiary/aromatic N) is 1. The fourth-order valence-corrected chi connectivity index (χ4v) is 3.41. The van der Waals surface area contributed by atoms with Gasteiger partial charge in [0.2, 0.25) is 15.9 Å². The van der Waals surface area contributed by atoms with Crippen molar-refractivity contribution in [1.82, 2.24) is 9.62 Å². The molecule has 1 rings (SSSR count). The summed E-state index contributed by atoms with van der Waals surface area (Å²) >= 11 is 11.7. The van der Waals surface area contributed by atoms with Crippen LogP contribution in [-0.2, 0) is 14.8 Å². The van der Waals surface area contributed by atoms with Crippen LogP contribution in [0, 0.1) is 0 Å². The van der Waals surface area contributed by atoms with E-state index in [1.165, 1.54) is 25.2 Å². The van der Waals surface area contributed by atoms with Gasteiger partial charge in [0.25, 0.3) is 0 Å². The molecular formula is C13H18Cl2N2O3S. The van der Waals surface area contributed by atoms with E-state index in [2.05, 4.69) is 5.32 Å². The van der Waals surface area contributed by atoms with Gasteiger partial charge in [-0.05, 0) is 31.5 Å². The molecule has 0 unspecified atom stereocenters. The van der Waals surface area contributed by atoms with Gasteiger partial charge in [0, 0.05) is 18.1 Å². The average molecular weight is 353 g/mol. The lowest BCUT2D eigenvalue weighted by atomic mass is 10.2. The number of benzene rings is 1. The molecular weight excluding hydrogens is 335 g/mol. The second kappa shape index (κ2) is 7.45. The van der Waals surface area contributed by atoms with Gasteiger partial charge in [-0.25, -0.2) is 8.42 Å². The fourth-order valence-electron chi connectivity index (χ4n) is 1.55. The average Bonchev–Trinajstić information content (AvgIpc) is 2.40. The van der Waals surface area contributed by atoms with Gasteiger partial charge in [-0.2, -0.15) is 4.31 Å². The maximum Gasteiger partial charge on any atom is 0.244 e. The Kier molecular flexibility index (Phi) is 6.46. The van der Waals surface area contributed by atoms with E-state index in [9.17, 15) is 13.2 Å². The zero-order chi connectivity index (χ0) is 16.2. The third-order valence-electron chi connectivity index (χ3n) is 2.97. The molecule has 0 spiro atoms. The smallest absolute Gasteiger partial charge is 0.244 e. The Balaban J connectivity index is 2.92. The molecule has 0 saturated heterocycles. The minimum Gasteiger partial charge on any atom is -0.353 e. The Labute approximate surface area is 135 Å². The molecule has 5 nitrogen and oxygen atoms in total. The molecule has 0 saturated carbocycles. The van der Waals surface area contributed by atoms with Gasteiger partial charge >= 0.3 is 0 Å². The number of hydrogen-bond donors (Lipinski definition) is 1. The third kappa shape index (κ3) is 4.85. The predicted octanol–water partition coefficient (Wildman–Crippen LogP) is 2.53. The van der Waals surface area contributed by atoms with Crippen LogP contribution in [0.4, 0.5) is 0 Å². The van der Waals surface area contributed by atoms with Crippen molar-refractivity contribution in [2.75, 3.05) is 13.6 Å². The van der Waals surface area contributed by atoms with Crippen molar-refractivity contribution in [1.29, 1.82) is 0 Å². The summed E-state index contributed by atoms with van der Waals surface area (Å²) < 4.78 is 25.7. The van der Waals surface area contributed by atoms with E-state index in [4.69, 9.17) is 23.2 Å². The van der Waals surface area contributed by atoms with E-state index in [1.807, 2.05) is 13.8 Å². The van der Waals surface area contributed by atoms with Crippen molar-refractivity contribution < 1.29 is 13.2 Å². The van der Waals surface area contributed by atoms with Crippen molar-refractivity contribution in [3.63, 3.8) is 0 Å². The van der Waals surface area contributed by atoms with Crippen LogP contribution in [-0.4, -0.2) is 38.3 Å². The van der Waals surface area contributed by atoms with Gasteiger partial charge in [-0.15, -0.1) is 0 Å². The number of carbonyl (C=O) groups is 1. The molecule has 0 radical (unpaired) electrons. The number of carbonyl (C=O) groups excluding carboxylic acids is 1. The number of likely N-dealkylation sites (N-methyl/N-ethyl adjacent to an activating group) is 1. The normalized spacial score (nSPS) is 13.2. The molecule has 118 valence electrons. The zero-order valence-corrected chi connectivity index (χ0v) is 14.4. The molecule has 21 heavy (non-hydrogen) atoms. The number of rotatable bonds is 6. The Morgan fingerprint density at radius 1 is 1.38 bits per heavy atom. The third-order valence-corrected chi connectivity index (χ3v) is 5.49. The van der Waals surface area contributed by atoms with Crippen LogP contribution in [0.2, 0.25) is 10.0 Å². The predicted molar refractivity (Wildman–Crippen MR) is 84.2 cm³/mol.